The van der Waals surface area contributed by atoms with Gasteiger partial charge >= 0.3 is 0 Å². The van der Waals surface area contributed by atoms with Crippen LogP contribution >= 0.6 is 0 Å². The number of hydrogen-bond donors (Lipinski definition) is 1. The number of nitrogens with zero attached hydrogens (tertiary/aromatic N) is 1. The van der Waals surface area contributed by atoms with Gasteiger partial charge in [0.15, 0.2) is 0 Å². The van der Waals surface area contributed by atoms with Gasteiger partial charge in [-0.1, -0.05) is 49.6 Å². The zero-order valence-corrected chi connectivity index (χ0v) is 15.8. The van der Waals surface area contributed by atoms with Gasteiger partial charge in [0.05, 0.1) is 24.7 Å². The van der Waals surface area contributed by atoms with E-state index >= 15 is 0 Å². The molecule has 2 fully saturated rings. The van der Waals surface area contributed by atoms with Gasteiger partial charge in [-0.2, -0.15) is 0 Å². The van der Waals surface area contributed by atoms with Crippen molar-refractivity contribution >= 4 is 5.91 Å². The van der Waals surface area contributed by atoms with E-state index in [1.165, 1.54) is 12.0 Å². The van der Waals surface area contributed by atoms with Crippen LogP contribution in [0.5, 0.6) is 0 Å². The molecule has 27 heavy (non-hydrogen) atoms. The summed E-state index contributed by atoms with van der Waals surface area (Å²) in [6.07, 6.45) is 9.88. The van der Waals surface area contributed by atoms with Gasteiger partial charge in [0, 0.05) is 18.3 Å². The Morgan fingerprint density at radius 1 is 1.04 bits per heavy atom. The van der Waals surface area contributed by atoms with E-state index in [0.29, 0.717) is 19.1 Å². The van der Waals surface area contributed by atoms with E-state index in [0.717, 1.165) is 37.7 Å². The van der Waals surface area contributed by atoms with Crippen LogP contribution in [0.2, 0.25) is 0 Å². The number of nitrogens with one attached hydrogen (secondary N) is 1. The normalized spacial score (nSPS) is 24.4. The third kappa shape index (κ3) is 3.91. The highest BCUT2D eigenvalue weighted by atomic mass is 16.5. The van der Waals surface area contributed by atoms with Gasteiger partial charge in [-0.15, -0.1) is 0 Å². The number of carbonyl (C=O) groups excluding carboxylic acids is 1. The molecule has 0 bridgehead atoms. The summed E-state index contributed by atoms with van der Waals surface area (Å²) in [6, 6.07) is 14.5. The summed E-state index contributed by atoms with van der Waals surface area (Å²) in [4.78, 5) is 17.6. The van der Waals surface area contributed by atoms with Crippen molar-refractivity contribution < 1.29 is 9.53 Å². The Hall–Kier alpha value is -2.20. The number of ether oxygens (including phenoxy) is 1. The van der Waals surface area contributed by atoms with E-state index in [-0.39, 0.29) is 17.4 Å². The highest BCUT2D eigenvalue weighted by Gasteiger charge is 2.43. The molecule has 1 aliphatic carbocycles. The summed E-state index contributed by atoms with van der Waals surface area (Å²) >= 11 is 0. The summed E-state index contributed by atoms with van der Waals surface area (Å²) in [7, 11) is 0. The van der Waals surface area contributed by atoms with Gasteiger partial charge < -0.3 is 10.1 Å². The largest absolute Gasteiger partial charge is 0.379 e. The Morgan fingerprint density at radius 3 is 2.52 bits per heavy atom. The molecule has 2 aromatic rings. The van der Waals surface area contributed by atoms with Crippen LogP contribution in [-0.2, 0) is 21.4 Å². The van der Waals surface area contributed by atoms with Crippen LogP contribution in [0, 0.1) is 5.92 Å². The zero-order valence-electron chi connectivity index (χ0n) is 15.8. The molecule has 0 unspecified atom stereocenters. The first kappa shape index (κ1) is 18.2. The minimum Gasteiger partial charge on any atom is -0.379 e. The first-order valence-electron chi connectivity index (χ1n) is 10.1. The molecule has 142 valence electrons. The Balaban J connectivity index is 1.50. The van der Waals surface area contributed by atoms with Gasteiger partial charge in [-0.25, -0.2) is 0 Å². The molecule has 4 heteroatoms. The number of carbonyl (C=O) groups is 1. The van der Waals surface area contributed by atoms with Crippen molar-refractivity contribution in [2.45, 2.75) is 50.0 Å². The fourth-order valence-electron chi connectivity index (χ4n) is 4.65. The van der Waals surface area contributed by atoms with E-state index in [1.54, 1.807) is 0 Å². The molecule has 1 saturated carbocycles. The third-order valence-electron chi connectivity index (χ3n) is 6.23. The summed E-state index contributed by atoms with van der Waals surface area (Å²) in [5.41, 5.74) is 2.02. The van der Waals surface area contributed by atoms with E-state index in [9.17, 15) is 4.79 Å². The molecule has 1 saturated heterocycles. The second-order valence-electron chi connectivity index (χ2n) is 7.95. The van der Waals surface area contributed by atoms with Gasteiger partial charge in [0.25, 0.3) is 0 Å². The maximum atomic E-state index is 13.5. The molecule has 2 aliphatic rings. The van der Waals surface area contributed by atoms with E-state index in [1.807, 2.05) is 42.7 Å². The second kappa shape index (κ2) is 8.22. The molecule has 2 heterocycles. The molecule has 4 rings (SSSR count). The average molecular weight is 364 g/mol. The number of benzene rings is 1. The van der Waals surface area contributed by atoms with Crippen molar-refractivity contribution in [2.24, 2.45) is 5.92 Å². The first-order valence-corrected chi connectivity index (χ1v) is 10.1. The monoisotopic (exact) mass is 364 g/mol. The van der Waals surface area contributed by atoms with E-state index in [2.05, 4.69) is 22.4 Å². The smallest absolute Gasteiger partial charge is 0.230 e. The van der Waals surface area contributed by atoms with Crippen molar-refractivity contribution in [3.8, 4) is 0 Å². The molecule has 1 aliphatic heterocycles. The lowest BCUT2D eigenvalue weighted by Gasteiger charge is -2.37. The third-order valence-corrected chi connectivity index (χ3v) is 6.23. The molecule has 1 aromatic carbocycles. The van der Waals surface area contributed by atoms with Crippen LogP contribution in [0.25, 0.3) is 0 Å². The van der Waals surface area contributed by atoms with Crippen molar-refractivity contribution in [3.63, 3.8) is 0 Å². The maximum absolute atomic E-state index is 13.5. The minimum absolute atomic E-state index is 0.0770. The van der Waals surface area contributed by atoms with Crippen LogP contribution in [0.15, 0.2) is 54.9 Å². The molecule has 0 spiro atoms. The molecule has 1 aromatic heterocycles. The standard InChI is InChI=1S/C23H28N2O2/c26-22(23(11-5-2-6-12-23)20-7-3-1-4-8-20)25-21-17-27-16-19(21)15-18-9-13-24-14-10-18/h1,3-4,7-10,13-14,19,21H,2,5-6,11-12,15-17H2,(H,25,26)/t19-,21-/m1/s1. The number of aromatic nitrogens is 1. The Bertz CT molecular complexity index is 741. The molecule has 4 nitrogen and oxygen atoms in total. The number of rotatable bonds is 5. The van der Waals surface area contributed by atoms with E-state index in [4.69, 9.17) is 4.74 Å². The summed E-state index contributed by atoms with van der Waals surface area (Å²) in [5.74, 6) is 0.497. The molecule has 2 atom stereocenters. The molecular formula is C23H28N2O2. The number of amides is 1. The number of hydrogen-bond acceptors (Lipinski definition) is 3. The van der Waals surface area contributed by atoms with E-state index < -0.39 is 0 Å². The van der Waals surface area contributed by atoms with Crippen LogP contribution in [-0.4, -0.2) is 30.1 Å². The molecule has 0 radical (unpaired) electrons. The van der Waals surface area contributed by atoms with Crippen molar-refractivity contribution in [1.82, 2.24) is 10.3 Å². The quantitative estimate of drug-likeness (QED) is 0.881. The van der Waals surface area contributed by atoms with Gasteiger partial charge in [-0.3, -0.25) is 9.78 Å². The Morgan fingerprint density at radius 2 is 1.78 bits per heavy atom. The predicted molar refractivity (Wildman–Crippen MR) is 105 cm³/mol. The predicted octanol–water partition coefficient (Wildman–Crippen LogP) is 3.66. The summed E-state index contributed by atoms with van der Waals surface area (Å²) in [5, 5.41) is 3.38. The summed E-state index contributed by atoms with van der Waals surface area (Å²) in [6.45, 7) is 1.30. The highest BCUT2D eigenvalue weighted by molar-refractivity contribution is 5.88. The van der Waals surface area contributed by atoms with Crippen LogP contribution < -0.4 is 5.32 Å². The van der Waals surface area contributed by atoms with Crippen molar-refractivity contribution in [2.75, 3.05) is 13.2 Å². The van der Waals surface area contributed by atoms with Crippen LogP contribution in [0.1, 0.15) is 43.2 Å². The maximum Gasteiger partial charge on any atom is 0.230 e. The zero-order chi connectivity index (χ0) is 18.5. The minimum atomic E-state index is -0.386. The fourth-order valence-corrected chi connectivity index (χ4v) is 4.65. The van der Waals surface area contributed by atoms with Gasteiger partial charge in [0.1, 0.15) is 0 Å². The Kier molecular flexibility index (Phi) is 5.53. The van der Waals surface area contributed by atoms with Gasteiger partial charge in [-0.05, 0) is 42.5 Å². The number of pyridine rings is 1. The fraction of sp³-hybridized carbons (Fsp3) is 0.478. The topological polar surface area (TPSA) is 51.2 Å². The lowest BCUT2D eigenvalue weighted by molar-refractivity contribution is -0.129. The van der Waals surface area contributed by atoms with Crippen molar-refractivity contribution in [3.05, 3.63) is 66.0 Å². The average Bonchev–Trinajstić information content (AvgIpc) is 3.16. The summed E-state index contributed by atoms with van der Waals surface area (Å²) < 4.78 is 5.74. The van der Waals surface area contributed by atoms with Crippen LogP contribution in [0.4, 0.5) is 0 Å². The molecular weight excluding hydrogens is 336 g/mol. The highest BCUT2D eigenvalue weighted by Crippen LogP contribution is 2.40. The Labute approximate surface area is 161 Å². The van der Waals surface area contributed by atoms with Crippen LogP contribution in [0.3, 0.4) is 0 Å². The molecule has 1 amide bonds. The van der Waals surface area contributed by atoms with Crippen molar-refractivity contribution in [1.29, 1.82) is 0 Å². The van der Waals surface area contributed by atoms with Gasteiger partial charge in [0.2, 0.25) is 5.91 Å². The first-order chi connectivity index (χ1) is 13.3. The lowest BCUT2D eigenvalue weighted by atomic mass is 9.68. The lowest BCUT2D eigenvalue weighted by Crippen LogP contribution is -2.51. The SMILES string of the molecule is O=C(N[C@@H]1COC[C@H]1Cc1ccncc1)C1(c2ccccc2)CCCCC1. The second-order valence-corrected chi connectivity index (χ2v) is 7.95. The molecule has 1 N–H and O–H groups in total.